The van der Waals surface area contributed by atoms with Crippen LogP contribution in [0.2, 0.25) is 0 Å². The van der Waals surface area contributed by atoms with Crippen molar-refractivity contribution in [1.82, 2.24) is 14.0 Å². The summed E-state index contributed by atoms with van der Waals surface area (Å²) in [4.78, 5) is 48.9. The number of carbonyl (C=O) groups excluding carboxylic acids is 2. The third-order valence-corrected chi connectivity index (χ3v) is 6.09. The molecule has 0 bridgehead atoms. The normalized spacial score (nSPS) is 11.7. The van der Waals surface area contributed by atoms with Crippen molar-refractivity contribution in [3.05, 3.63) is 81.7 Å². The highest BCUT2D eigenvalue weighted by atomic mass is 16.5. The van der Waals surface area contributed by atoms with Gasteiger partial charge in [0.2, 0.25) is 0 Å². The fourth-order valence-corrected chi connectivity index (χ4v) is 4.12. The van der Waals surface area contributed by atoms with Gasteiger partial charge < -0.3 is 18.8 Å². The van der Waals surface area contributed by atoms with Gasteiger partial charge in [-0.05, 0) is 62.2 Å². The molecule has 1 amide bonds. The Morgan fingerprint density at radius 3 is 2.54 bits per heavy atom. The zero-order valence-corrected chi connectivity index (χ0v) is 22.4. The quantitative estimate of drug-likeness (QED) is 0.164. The Morgan fingerprint density at radius 1 is 1.03 bits per heavy atom. The van der Waals surface area contributed by atoms with Gasteiger partial charge in [-0.25, -0.2) is 9.78 Å². The summed E-state index contributed by atoms with van der Waals surface area (Å²) in [5.74, 6) is -0.592. The molecule has 0 fully saturated rings. The number of nitrogens with zero attached hydrogens (tertiary/aromatic N) is 4. The van der Waals surface area contributed by atoms with Gasteiger partial charge in [0.25, 0.3) is 11.5 Å². The smallest absolute Gasteiger partial charge is 0.341 e. The molecular weight excluding hydrogens is 500 g/mol. The Bertz CT molecular complexity index is 1600. The molecule has 3 aromatic heterocycles. The molecule has 4 rings (SSSR count). The molecule has 0 radical (unpaired) electrons. The number of ether oxygens (including phenoxy) is 3. The number of carbonyl (C=O) groups is 2. The van der Waals surface area contributed by atoms with Gasteiger partial charge in [0.1, 0.15) is 22.6 Å². The monoisotopic (exact) mass is 532 g/mol. The van der Waals surface area contributed by atoms with Crippen LogP contribution in [0.5, 0.6) is 5.75 Å². The predicted octanol–water partition coefficient (Wildman–Crippen LogP) is 3.78. The minimum Gasteiger partial charge on any atom is -0.494 e. The molecule has 0 aliphatic carbocycles. The number of benzene rings is 1. The molecule has 0 saturated carbocycles. The van der Waals surface area contributed by atoms with Gasteiger partial charge in [0.05, 0.1) is 18.6 Å². The first-order valence-electron chi connectivity index (χ1n) is 13.0. The Morgan fingerprint density at radius 2 is 1.82 bits per heavy atom. The molecule has 0 atom stereocenters. The zero-order chi connectivity index (χ0) is 27.8. The fraction of sp³-hybridized carbons (Fsp3) is 0.345. The molecule has 10 nitrogen and oxygen atoms in total. The number of esters is 1. The molecule has 1 aromatic carbocycles. The second kappa shape index (κ2) is 13.0. The highest BCUT2D eigenvalue weighted by molar-refractivity contribution is 5.97. The number of methoxy groups -OCH3 is 1. The molecule has 39 heavy (non-hydrogen) atoms. The van der Waals surface area contributed by atoms with Gasteiger partial charge in [-0.3, -0.25) is 14.0 Å². The molecule has 4 aromatic rings. The van der Waals surface area contributed by atoms with Crippen LogP contribution >= 0.6 is 0 Å². The van der Waals surface area contributed by atoms with Crippen molar-refractivity contribution in [3.63, 3.8) is 0 Å². The van der Waals surface area contributed by atoms with E-state index in [9.17, 15) is 14.4 Å². The largest absolute Gasteiger partial charge is 0.494 e. The fourth-order valence-electron chi connectivity index (χ4n) is 4.12. The van der Waals surface area contributed by atoms with E-state index in [1.54, 1.807) is 67.3 Å². The standard InChI is InChI=1S/C29H32N4O6/c1-4-6-18-39-21-13-11-20(12-14-21)27(34)31-26-23(29(36)38-5-2)19-22-25(33(26)16-9-17-37-3)30-24-10-7-8-15-32(24)28(22)35/h7-8,10-15,19H,4-6,9,16-18H2,1-3H3. The maximum absolute atomic E-state index is 13.4. The molecule has 3 heterocycles. The first kappa shape index (κ1) is 27.7. The van der Waals surface area contributed by atoms with E-state index < -0.39 is 11.9 Å². The number of hydrogen-bond donors (Lipinski definition) is 0. The van der Waals surface area contributed by atoms with Crippen LogP contribution in [0.4, 0.5) is 0 Å². The molecule has 0 aliphatic heterocycles. The molecular formula is C29H32N4O6. The average molecular weight is 533 g/mol. The highest BCUT2D eigenvalue weighted by Crippen LogP contribution is 2.15. The van der Waals surface area contributed by atoms with Crippen molar-refractivity contribution in [1.29, 1.82) is 0 Å². The molecule has 10 heteroatoms. The number of aromatic nitrogens is 3. The second-order valence-corrected chi connectivity index (χ2v) is 8.83. The number of rotatable bonds is 11. The van der Waals surface area contributed by atoms with E-state index >= 15 is 0 Å². The number of hydrogen-bond acceptors (Lipinski definition) is 7. The summed E-state index contributed by atoms with van der Waals surface area (Å²) < 4.78 is 19.2. The number of aryl methyl sites for hydroxylation is 1. The van der Waals surface area contributed by atoms with E-state index in [4.69, 9.17) is 19.2 Å². The summed E-state index contributed by atoms with van der Waals surface area (Å²) in [6, 6.07) is 13.3. The average Bonchev–Trinajstić information content (AvgIpc) is 2.95. The van der Waals surface area contributed by atoms with Gasteiger partial charge in [-0.1, -0.05) is 19.4 Å². The van der Waals surface area contributed by atoms with Crippen LogP contribution in [0.15, 0.2) is 64.5 Å². The summed E-state index contributed by atoms with van der Waals surface area (Å²) in [7, 11) is 1.58. The van der Waals surface area contributed by atoms with Gasteiger partial charge >= 0.3 is 5.97 Å². The van der Waals surface area contributed by atoms with Crippen molar-refractivity contribution in [2.24, 2.45) is 4.99 Å². The van der Waals surface area contributed by atoms with E-state index in [2.05, 4.69) is 11.9 Å². The molecule has 0 aliphatic rings. The summed E-state index contributed by atoms with van der Waals surface area (Å²) in [5, 5.41) is 0.208. The van der Waals surface area contributed by atoms with Gasteiger partial charge in [0, 0.05) is 32.0 Å². The van der Waals surface area contributed by atoms with Crippen LogP contribution in [-0.4, -0.2) is 52.8 Å². The van der Waals surface area contributed by atoms with Crippen LogP contribution in [-0.2, 0) is 16.0 Å². The highest BCUT2D eigenvalue weighted by Gasteiger charge is 2.20. The van der Waals surface area contributed by atoms with Crippen molar-refractivity contribution in [2.75, 3.05) is 26.9 Å². The lowest BCUT2D eigenvalue weighted by molar-refractivity contribution is 0.0523. The second-order valence-electron chi connectivity index (χ2n) is 8.83. The van der Waals surface area contributed by atoms with E-state index in [0.29, 0.717) is 48.8 Å². The lowest BCUT2D eigenvalue weighted by Crippen LogP contribution is -2.33. The first-order chi connectivity index (χ1) is 19.0. The van der Waals surface area contributed by atoms with Crippen molar-refractivity contribution in [2.45, 2.75) is 39.7 Å². The lowest BCUT2D eigenvalue weighted by Gasteiger charge is -2.15. The topological polar surface area (TPSA) is 113 Å². The third-order valence-electron chi connectivity index (χ3n) is 6.09. The molecule has 0 unspecified atom stereocenters. The minimum atomic E-state index is -0.691. The van der Waals surface area contributed by atoms with Crippen molar-refractivity contribution >= 4 is 28.6 Å². The summed E-state index contributed by atoms with van der Waals surface area (Å²) in [5.41, 5.74) is 0.778. The van der Waals surface area contributed by atoms with Gasteiger partial charge in [-0.2, -0.15) is 4.99 Å². The van der Waals surface area contributed by atoms with Gasteiger partial charge in [0.15, 0.2) is 5.49 Å². The summed E-state index contributed by atoms with van der Waals surface area (Å²) >= 11 is 0. The van der Waals surface area contributed by atoms with E-state index in [1.807, 2.05) is 0 Å². The Labute approximate surface area is 225 Å². The maximum atomic E-state index is 13.4. The number of unbranched alkanes of at least 4 members (excludes halogenated alkanes) is 1. The number of pyridine rings is 2. The third kappa shape index (κ3) is 6.23. The maximum Gasteiger partial charge on any atom is 0.341 e. The molecule has 204 valence electrons. The Kier molecular flexibility index (Phi) is 9.22. The van der Waals surface area contributed by atoms with Crippen LogP contribution in [0, 0.1) is 0 Å². The van der Waals surface area contributed by atoms with Crippen LogP contribution in [0.25, 0.3) is 16.7 Å². The van der Waals surface area contributed by atoms with E-state index in [1.165, 1.54) is 10.5 Å². The SMILES string of the molecule is CCCCOc1ccc(C(=O)N=c2c(C(=O)OCC)cc3c(=O)n4ccccc4nc3n2CCCOC)cc1. The van der Waals surface area contributed by atoms with Gasteiger partial charge in [-0.15, -0.1) is 0 Å². The van der Waals surface area contributed by atoms with Crippen molar-refractivity contribution < 1.29 is 23.8 Å². The molecule has 0 spiro atoms. The summed E-state index contributed by atoms with van der Waals surface area (Å²) in [6.45, 7) is 5.18. The minimum absolute atomic E-state index is 0.00409. The van der Waals surface area contributed by atoms with Crippen LogP contribution in [0.1, 0.15) is 53.8 Å². The molecule has 0 saturated heterocycles. The molecule has 0 N–H and O–H groups in total. The number of amides is 1. The van der Waals surface area contributed by atoms with E-state index in [-0.39, 0.29) is 28.6 Å². The number of fused-ring (bicyclic) bond motifs is 2. The zero-order valence-electron chi connectivity index (χ0n) is 22.4. The van der Waals surface area contributed by atoms with Crippen LogP contribution < -0.4 is 15.8 Å². The summed E-state index contributed by atoms with van der Waals surface area (Å²) in [6.07, 6.45) is 4.09. The predicted molar refractivity (Wildman–Crippen MR) is 146 cm³/mol. The Hall–Kier alpha value is -4.31. The lowest BCUT2D eigenvalue weighted by atomic mass is 10.2. The first-order valence-corrected chi connectivity index (χ1v) is 13.0. The van der Waals surface area contributed by atoms with E-state index in [0.717, 1.165) is 12.8 Å². The van der Waals surface area contributed by atoms with Crippen LogP contribution in [0.3, 0.4) is 0 Å². The Balaban J connectivity index is 1.92. The van der Waals surface area contributed by atoms with Crippen molar-refractivity contribution in [3.8, 4) is 5.75 Å².